The van der Waals surface area contributed by atoms with Gasteiger partial charge in [0.15, 0.2) is 5.78 Å². The lowest BCUT2D eigenvalue weighted by Gasteiger charge is -2.35. The largest absolute Gasteiger partial charge is 0.372 e. The Morgan fingerprint density at radius 1 is 1.26 bits per heavy atom. The lowest BCUT2D eigenvalue weighted by molar-refractivity contribution is -0.00502. The van der Waals surface area contributed by atoms with E-state index in [1.807, 2.05) is 18.2 Å². The van der Waals surface area contributed by atoms with Gasteiger partial charge in [0.1, 0.15) is 10.7 Å². The average molecular weight is 329 g/mol. The Morgan fingerprint density at radius 2 is 1.96 bits per heavy atom. The molecular weight excluding hydrogens is 310 g/mol. The minimum absolute atomic E-state index is 0.0340. The summed E-state index contributed by atoms with van der Waals surface area (Å²) in [7, 11) is 0. The van der Waals surface area contributed by atoms with E-state index in [4.69, 9.17) is 4.74 Å². The van der Waals surface area contributed by atoms with Crippen molar-refractivity contribution in [1.29, 1.82) is 0 Å². The van der Waals surface area contributed by atoms with E-state index in [1.165, 1.54) is 11.5 Å². The summed E-state index contributed by atoms with van der Waals surface area (Å²) in [6.07, 6.45) is 3.65. The molecule has 6 heteroatoms. The molecule has 23 heavy (non-hydrogen) atoms. The highest BCUT2D eigenvalue weighted by molar-refractivity contribution is 7.10. The summed E-state index contributed by atoms with van der Waals surface area (Å²) in [5.74, 6) is -0.0340. The van der Waals surface area contributed by atoms with Crippen molar-refractivity contribution in [3.05, 3.63) is 47.7 Å². The Labute approximate surface area is 139 Å². The molecule has 0 amide bonds. The third-order valence-electron chi connectivity index (χ3n) is 3.65. The second-order valence-corrected chi connectivity index (χ2v) is 6.42. The number of carbonyl (C=O) groups excluding carboxylic acids is 1. The molecule has 2 aromatic rings. The van der Waals surface area contributed by atoms with Crippen molar-refractivity contribution in [3.8, 4) is 0 Å². The van der Waals surface area contributed by atoms with Crippen LogP contribution in [0.5, 0.6) is 0 Å². The highest BCUT2D eigenvalue weighted by Gasteiger charge is 2.25. The van der Waals surface area contributed by atoms with Gasteiger partial charge in [0.2, 0.25) is 0 Å². The van der Waals surface area contributed by atoms with Crippen LogP contribution in [-0.4, -0.2) is 40.7 Å². The number of allylic oxidation sites excluding steroid dienone is 1. The van der Waals surface area contributed by atoms with Crippen LogP contribution < -0.4 is 4.90 Å². The van der Waals surface area contributed by atoms with E-state index in [1.54, 1.807) is 24.3 Å². The molecule has 1 aliphatic rings. The number of hydrogen-bond acceptors (Lipinski definition) is 6. The van der Waals surface area contributed by atoms with Crippen molar-refractivity contribution in [2.24, 2.45) is 0 Å². The SMILES string of the molecule is CC1CN(c2snnc2/C=C/C(=O)c2ccccc2)CC(C)O1. The smallest absolute Gasteiger partial charge is 0.185 e. The molecule has 2 atom stereocenters. The van der Waals surface area contributed by atoms with E-state index >= 15 is 0 Å². The van der Waals surface area contributed by atoms with E-state index < -0.39 is 0 Å². The summed E-state index contributed by atoms with van der Waals surface area (Å²) >= 11 is 1.35. The summed E-state index contributed by atoms with van der Waals surface area (Å²) < 4.78 is 9.81. The first-order valence-electron chi connectivity index (χ1n) is 7.63. The maximum atomic E-state index is 12.2. The van der Waals surface area contributed by atoms with Gasteiger partial charge in [0, 0.05) is 30.2 Å². The molecule has 2 unspecified atom stereocenters. The second-order valence-electron chi connectivity index (χ2n) is 5.69. The van der Waals surface area contributed by atoms with E-state index in [9.17, 15) is 4.79 Å². The lowest BCUT2D eigenvalue weighted by atomic mass is 10.1. The van der Waals surface area contributed by atoms with Gasteiger partial charge in [0.05, 0.1) is 12.2 Å². The summed E-state index contributed by atoms with van der Waals surface area (Å²) in [5, 5.41) is 5.14. The topological polar surface area (TPSA) is 55.3 Å². The van der Waals surface area contributed by atoms with Gasteiger partial charge in [-0.05, 0) is 26.0 Å². The Balaban J connectivity index is 1.76. The number of aromatic nitrogens is 2. The Hall–Kier alpha value is -2.05. The van der Waals surface area contributed by atoms with Crippen LogP contribution in [0.3, 0.4) is 0 Å². The molecule has 3 rings (SSSR count). The third-order valence-corrected chi connectivity index (χ3v) is 4.46. The number of rotatable bonds is 4. The van der Waals surface area contributed by atoms with Gasteiger partial charge in [-0.3, -0.25) is 4.79 Å². The average Bonchev–Trinajstić information content (AvgIpc) is 3.01. The van der Waals surface area contributed by atoms with Gasteiger partial charge in [-0.1, -0.05) is 34.8 Å². The number of hydrogen-bond donors (Lipinski definition) is 0. The minimum Gasteiger partial charge on any atom is -0.372 e. The van der Waals surface area contributed by atoms with Gasteiger partial charge in [-0.2, -0.15) is 0 Å². The molecule has 1 fully saturated rings. The molecule has 0 radical (unpaired) electrons. The molecule has 1 saturated heterocycles. The fourth-order valence-corrected chi connectivity index (χ4v) is 3.39. The van der Waals surface area contributed by atoms with Crippen molar-refractivity contribution in [3.63, 3.8) is 0 Å². The van der Waals surface area contributed by atoms with E-state index in [0.29, 0.717) is 5.56 Å². The predicted octanol–water partition coefficient (Wildman–Crippen LogP) is 3.05. The molecular formula is C17H19N3O2S. The van der Waals surface area contributed by atoms with E-state index in [2.05, 4.69) is 28.3 Å². The third kappa shape index (κ3) is 3.83. The van der Waals surface area contributed by atoms with Crippen molar-refractivity contribution in [2.75, 3.05) is 18.0 Å². The zero-order valence-corrected chi connectivity index (χ0v) is 14.0. The second kappa shape index (κ2) is 7.02. The normalized spacial score (nSPS) is 21.7. The molecule has 1 aromatic carbocycles. The maximum Gasteiger partial charge on any atom is 0.185 e. The number of ketones is 1. The number of morpholine rings is 1. The molecule has 2 heterocycles. The van der Waals surface area contributed by atoms with Crippen LogP contribution in [-0.2, 0) is 4.74 Å². The number of anilines is 1. The van der Waals surface area contributed by atoms with Crippen LogP contribution in [0.15, 0.2) is 36.4 Å². The number of nitrogens with zero attached hydrogens (tertiary/aromatic N) is 3. The van der Waals surface area contributed by atoms with Crippen LogP contribution in [0, 0.1) is 0 Å². The fourth-order valence-electron chi connectivity index (χ4n) is 2.71. The first-order valence-corrected chi connectivity index (χ1v) is 8.41. The quantitative estimate of drug-likeness (QED) is 0.637. The number of ether oxygens (including phenoxy) is 1. The standard InChI is InChI=1S/C17H19N3O2S/c1-12-10-20(11-13(2)22-12)17-15(18-19-23-17)8-9-16(21)14-6-4-3-5-7-14/h3-9,12-13H,10-11H2,1-2H3/b9-8+. The van der Waals surface area contributed by atoms with Gasteiger partial charge in [0.25, 0.3) is 0 Å². The zero-order valence-electron chi connectivity index (χ0n) is 13.2. The molecule has 1 aromatic heterocycles. The van der Waals surface area contributed by atoms with Gasteiger partial charge in [-0.15, -0.1) is 5.10 Å². The molecule has 0 aliphatic carbocycles. The van der Waals surface area contributed by atoms with Crippen LogP contribution in [0.25, 0.3) is 6.08 Å². The first-order chi connectivity index (χ1) is 11.1. The van der Waals surface area contributed by atoms with Crippen LogP contribution in [0.1, 0.15) is 29.9 Å². The summed E-state index contributed by atoms with van der Waals surface area (Å²) in [6, 6.07) is 9.21. The Kier molecular flexibility index (Phi) is 4.83. The van der Waals surface area contributed by atoms with Gasteiger partial charge < -0.3 is 9.64 Å². The van der Waals surface area contributed by atoms with Crippen molar-refractivity contribution in [2.45, 2.75) is 26.1 Å². The minimum atomic E-state index is -0.0340. The van der Waals surface area contributed by atoms with Crippen molar-refractivity contribution in [1.82, 2.24) is 9.59 Å². The maximum absolute atomic E-state index is 12.2. The molecule has 0 bridgehead atoms. The number of benzene rings is 1. The summed E-state index contributed by atoms with van der Waals surface area (Å²) in [4.78, 5) is 14.4. The van der Waals surface area contributed by atoms with Crippen molar-refractivity contribution < 1.29 is 9.53 Å². The number of carbonyl (C=O) groups is 1. The predicted molar refractivity (Wildman–Crippen MR) is 91.9 cm³/mol. The van der Waals surface area contributed by atoms with Crippen LogP contribution in [0.2, 0.25) is 0 Å². The van der Waals surface area contributed by atoms with Crippen LogP contribution in [0.4, 0.5) is 5.00 Å². The molecule has 0 spiro atoms. The molecule has 120 valence electrons. The highest BCUT2D eigenvalue weighted by atomic mass is 32.1. The Bertz CT molecular complexity index is 689. The van der Waals surface area contributed by atoms with Crippen molar-refractivity contribution >= 4 is 28.4 Å². The molecule has 5 nitrogen and oxygen atoms in total. The zero-order chi connectivity index (χ0) is 16.2. The van der Waals surface area contributed by atoms with E-state index in [0.717, 1.165) is 23.8 Å². The molecule has 0 N–H and O–H groups in total. The van der Waals surface area contributed by atoms with Gasteiger partial charge in [-0.25, -0.2) is 0 Å². The van der Waals surface area contributed by atoms with Gasteiger partial charge >= 0.3 is 0 Å². The first kappa shape index (κ1) is 15.8. The highest BCUT2D eigenvalue weighted by Crippen LogP contribution is 2.27. The van der Waals surface area contributed by atoms with E-state index in [-0.39, 0.29) is 18.0 Å². The summed E-state index contributed by atoms with van der Waals surface area (Å²) in [5.41, 5.74) is 1.41. The monoisotopic (exact) mass is 329 g/mol. The van der Waals surface area contributed by atoms with Crippen LogP contribution >= 0.6 is 11.5 Å². The molecule has 1 aliphatic heterocycles. The Morgan fingerprint density at radius 3 is 2.65 bits per heavy atom. The fraction of sp³-hybridized carbons (Fsp3) is 0.353. The lowest BCUT2D eigenvalue weighted by Crippen LogP contribution is -2.45. The molecule has 0 saturated carbocycles. The summed E-state index contributed by atoms with van der Waals surface area (Å²) in [6.45, 7) is 5.74.